The highest BCUT2D eigenvalue weighted by molar-refractivity contribution is 7.85. The molecule has 0 fully saturated rings. The topological polar surface area (TPSA) is 143 Å². The van der Waals surface area contributed by atoms with E-state index in [1.807, 2.05) is 6.92 Å². The largest absolute Gasteiger partial charge is 0.456 e. The van der Waals surface area contributed by atoms with Gasteiger partial charge >= 0.3 is 0 Å². The number of hydrogen-bond donors (Lipinski definition) is 1. The summed E-state index contributed by atoms with van der Waals surface area (Å²) in [5, 5.41) is 16.8. The number of benzene rings is 2. The van der Waals surface area contributed by atoms with E-state index in [4.69, 9.17) is 8.97 Å². The fourth-order valence-electron chi connectivity index (χ4n) is 3.49. The van der Waals surface area contributed by atoms with E-state index >= 15 is 0 Å². The van der Waals surface area contributed by atoms with Gasteiger partial charge in [-0.05, 0) is 80.4 Å². The van der Waals surface area contributed by atoms with Crippen LogP contribution in [0.3, 0.4) is 0 Å². The zero-order chi connectivity index (χ0) is 24.8. The molecule has 3 aromatic rings. The Kier molecular flexibility index (Phi) is 5.67. The van der Waals surface area contributed by atoms with Crippen LogP contribution in [0.1, 0.15) is 23.8 Å². The first-order valence-electron chi connectivity index (χ1n) is 10.0. The predicted molar refractivity (Wildman–Crippen MR) is 125 cm³/mol. The minimum absolute atomic E-state index is 0.0779. The van der Waals surface area contributed by atoms with E-state index in [9.17, 15) is 23.3 Å². The number of carbonyl (C=O) groups is 1. The van der Waals surface area contributed by atoms with Crippen LogP contribution in [0.15, 0.2) is 68.5 Å². The van der Waals surface area contributed by atoms with Crippen LogP contribution in [-0.4, -0.2) is 29.5 Å². The highest BCUT2D eigenvalue weighted by Crippen LogP contribution is 2.34. The lowest BCUT2D eigenvalue weighted by Crippen LogP contribution is -2.21. The lowest BCUT2D eigenvalue weighted by atomic mass is 10.0. The van der Waals surface area contributed by atoms with Crippen LogP contribution in [0, 0.1) is 24.0 Å². The van der Waals surface area contributed by atoms with E-state index < -0.39 is 20.9 Å². The van der Waals surface area contributed by atoms with Crippen LogP contribution in [0.5, 0.6) is 0 Å². The molecule has 0 atom stereocenters. The van der Waals surface area contributed by atoms with Crippen LogP contribution < -0.4 is 5.01 Å². The Morgan fingerprint density at radius 2 is 1.71 bits per heavy atom. The van der Waals surface area contributed by atoms with E-state index in [1.54, 1.807) is 32.0 Å². The molecule has 0 unspecified atom stereocenters. The van der Waals surface area contributed by atoms with Crippen molar-refractivity contribution < 1.29 is 27.1 Å². The van der Waals surface area contributed by atoms with Gasteiger partial charge in [0.05, 0.1) is 32.4 Å². The van der Waals surface area contributed by atoms with Crippen LogP contribution >= 0.6 is 0 Å². The number of aryl methyl sites for hydroxylation is 2. The Hall–Kier alpha value is -4.09. The smallest absolute Gasteiger partial charge is 0.294 e. The van der Waals surface area contributed by atoms with Crippen molar-refractivity contribution in [2.75, 3.05) is 5.01 Å². The number of anilines is 1. The lowest BCUT2D eigenvalue weighted by molar-refractivity contribution is -0.384. The summed E-state index contributed by atoms with van der Waals surface area (Å²) < 4.78 is 37.4. The first-order chi connectivity index (χ1) is 16.0. The molecule has 4 rings (SSSR count). The van der Waals surface area contributed by atoms with E-state index in [-0.39, 0.29) is 16.2 Å². The molecule has 0 saturated carbocycles. The lowest BCUT2D eigenvalue weighted by Gasteiger charge is -2.11. The molecule has 2 heterocycles. The molecule has 1 amide bonds. The van der Waals surface area contributed by atoms with Gasteiger partial charge in [-0.3, -0.25) is 19.5 Å². The van der Waals surface area contributed by atoms with Gasteiger partial charge in [-0.15, -0.1) is 0 Å². The molecule has 1 aliphatic rings. The molecule has 0 aliphatic carbocycles. The quantitative estimate of drug-likeness (QED) is 0.244. The van der Waals surface area contributed by atoms with Gasteiger partial charge in [0.2, 0.25) is 0 Å². The molecule has 34 heavy (non-hydrogen) atoms. The van der Waals surface area contributed by atoms with Gasteiger partial charge in [0.1, 0.15) is 11.5 Å². The summed E-state index contributed by atoms with van der Waals surface area (Å²) >= 11 is 0. The fraction of sp³-hybridized carbons (Fsp3) is 0.130. The van der Waals surface area contributed by atoms with E-state index in [0.29, 0.717) is 28.5 Å². The third-order valence-electron chi connectivity index (χ3n) is 5.43. The zero-order valence-electron chi connectivity index (χ0n) is 18.3. The second kappa shape index (κ2) is 8.36. The molecule has 1 aliphatic heterocycles. The Bertz CT molecular complexity index is 1500. The molecule has 11 heteroatoms. The molecule has 0 radical (unpaired) electrons. The summed E-state index contributed by atoms with van der Waals surface area (Å²) in [4.78, 5) is 23.7. The van der Waals surface area contributed by atoms with Gasteiger partial charge < -0.3 is 4.42 Å². The third kappa shape index (κ3) is 4.26. The number of nitrogens with zero attached hydrogens (tertiary/aromatic N) is 3. The number of rotatable bonds is 5. The van der Waals surface area contributed by atoms with Crippen molar-refractivity contribution in [2.45, 2.75) is 25.7 Å². The maximum Gasteiger partial charge on any atom is 0.294 e. The SMILES string of the molecule is CC1=NN(c2ccc(S(=O)(=O)O)cc2)C(=O)/C1=C/c1ccc(-c2cc(C)c(C)cc2[N+](=O)[O-])o1. The second-order valence-electron chi connectivity index (χ2n) is 7.74. The van der Waals surface area contributed by atoms with Gasteiger partial charge in [0.25, 0.3) is 21.7 Å². The first-order valence-corrected chi connectivity index (χ1v) is 11.4. The van der Waals surface area contributed by atoms with Crippen molar-refractivity contribution in [3.05, 3.63) is 81.1 Å². The summed E-state index contributed by atoms with van der Waals surface area (Å²) in [5.74, 6) is 0.135. The summed E-state index contributed by atoms with van der Waals surface area (Å²) in [5.41, 5.74) is 2.88. The van der Waals surface area contributed by atoms with Crippen LogP contribution in [0.25, 0.3) is 17.4 Å². The van der Waals surface area contributed by atoms with Gasteiger partial charge in [-0.25, -0.2) is 0 Å². The number of amides is 1. The van der Waals surface area contributed by atoms with Crippen LogP contribution in [-0.2, 0) is 14.9 Å². The number of hydrogen-bond acceptors (Lipinski definition) is 7. The van der Waals surface area contributed by atoms with Crippen molar-refractivity contribution in [1.82, 2.24) is 0 Å². The fourth-order valence-corrected chi connectivity index (χ4v) is 3.97. The molecular formula is C23H19N3O7S. The molecule has 0 spiro atoms. The first kappa shape index (κ1) is 23.1. The second-order valence-corrected chi connectivity index (χ2v) is 9.16. The third-order valence-corrected chi connectivity index (χ3v) is 6.30. The summed E-state index contributed by atoms with van der Waals surface area (Å²) in [6.07, 6.45) is 1.49. The number of nitro benzene ring substituents is 1. The normalized spacial score (nSPS) is 15.2. The summed E-state index contributed by atoms with van der Waals surface area (Å²) in [6.45, 7) is 5.27. The van der Waals surface area contributed by atoms with Gasteiger partial charge in [-0.1, -0.05) is 0 Å². The van der Waals surface area contributed by atoms with Crippen molar-refractivity contribution in [1.29, 1.82) is 0 Å². The Labute approximate surface area is 194 Å². The molecule has 2 aromatic carbocycles. The summed E-state index contributed by atoms with van der Waals surface area (Å²) in [7, 11) is -4.36. The molecule has 10 nitrogen and oxygen atoms in total. The van der Waals surface area contributed by atoms with E-state index in [2.05, 4.69) is 5.10 Å². The van der Waals surface area contributed by atoms with Gasteiger partial charge in [0, 0.05) is 6.07 Å². The molecular weight excluding hydrogens is 462 g/mol. The molecule has 174 valence electrons. The monoisotopic (exact) mass is 481 g/mol. The average Bonchev–Trinajstić information content (AvgIpc) is 3.35. The standard InChI is InChI=1S/C23H19N3O7S/c1-13-10-20(21(26(28)29)11-14(13)2)22-9-6-17(33-22)12-19-15(3)24-25(23(19)27)16-4-7-18(8-5-16)34(30,31)32/h4-12H,1-3H3,(H,30,31,32)/b19-12+. The number of furan rings is 1. The maximum absolute atomic E-state index is 12.9. The van der Waals surface area contributed by atoms with Crippen LogP contribution in [0.4, 0.5) is 11.4 Å². The minimum Gasteiger partial charge on any atom is -0.456 e. The molecule has 1 aromatic heterocycles. The van der Waals surface area contributed by atoms with Crippen molar-refractivity contribution in [3.63, 3.8) is 0 Å². The number of nitro groups is 1. The van der Waals surface area contributed by atoms with Crippen molar-refractivity contribution in [2.24, 2.45) is 5.10 Å². The van der Waals surface area contributed by atoms with Crippen molar-refractivity contribution >= 4 is 39.2 Å². The average molecular weight is 481 g/mol. The molecule has 0 bridgehead atoms. The minimum atomic E-state index is -4.36. The highest BCUT2D eigenvalue weighted by atomic mass is 32.2. The zero-order valence-corrected chi connectivity index (χ0v) is 19.2. The van der Waals surface area contributed by atoms with E-state index in [1.165, 1.54) is 36.4 Å². The van der Waals surface area contributed by atoms with Crippen molar-refractivity contribution in [3.8, 4) is 11.3 Å². The number of carbonyl (C=O) groups excluding carboxylic acids is 1. The van der Waals surface area contributed by atoms with Crippen LogP contribution in [0.2, 0.25) is 0 Å². The Morgan fingerprint density at radius 1 is 1.06 bits per heavy atom. The maximum atomic E-state index is 12.9. The summed E-state index contributed by atoms with van der Waals surface area (Å²) in [6, 6.07) is 11.4. The Morgan fingerprint density at radius 3 is 2.32 bits per heavy atom. The number of hydrazone groups is 1. The van der Waals surface area contributed by atoms with E-state index in [0.717, 1.165) is 16.1 Å². The highest BCUT2D eigenvalue weighted by Gasteiger charge is 2.29. The van der Waals surface area contributed by atoms with Gasteiger partial charge in [-0.2, -0.15) is 18.5 Å². The Balaban J connectivity index is 1.65. The van der Waals surface area contributed by atoms with Gasteiger partial charge in [0.15, 0.2) is 0 Å². The molecule has 1 N–H and O–H groups in total. The predicted octanol–water partition coefficient (Wildman–Crippen LogP) is 4.52. The molecule has 0 saturated heterocycles.